The maximum atomic E-state index is 9.46. The second-order valence-electron chi connectivity index (χ2n) is 4.32. The van der Waals surface area contributed by atoms with Gasteiger partial charge in [0.15, 0.2) is 5.79 Å². The van der Waals surface area contributed by atoms with Gasteiger partial charge in [0.1, 0.15) is 0 Å². The Kier molecular flexibility index (Phi) is 4.80. The molecule has 0 fully saturated rings. The van der Waals surface area contributed by atoms with E-state index >= 15 is 0 Å². The van der Waals surface area contributed by atoms with E-state index in [1.165, 1.54) is 0 Å². The molecule has 74 valence electrons. The van der Waals surface area contributed by atoms with Gasteiger partial charge in [-0.1, -0.05) is 34.1 Å². The molecule has 0 aromatic carbocycles. The van der Waals surface area contributed by atoms with Crippen LogP contribution in [0.4, 0.5) is 0 Å². The number of rotatable bonds is 5. The molecular formula is C10H22O2. The topological polar surface area (TPSA) is 40.5 Å². The van der Waals surface area contributed by atoms with E-state index in [4.69, 9.17) is 0 Å². The van der Waals surface area contributed by atoms with Crippen molar-refractivity contribution in [2.24, 2.45) is 11.8 Å². The van der Waals surface area contributed by atoms with Gasteiger partial charge in [-0.3, -0.25) is 0 Å². The zero-order valence-electron chi connectivity index (χ0n) is 8.67. The highest BCUT2D eigenvalue weighted by Gasteiger charge is 2.26. The highest BCUT2D eigenvalue weighted by atomic mass is 16.5. The zero-order valence-corrected chi connectivity index (χ0v) is 8.67. The van der Waals surface area contributed by atoms with E-state index in [1.54, 1.807) is 0 Å². The Balaban J connectivity index is 3.61. The lowest BCUT2D eigenvalue weighted by atomic mass is 9.95. The van der Waals surface area contributed by atoms with Crippen molar-refractivity contribution in [1.82, 2.24) is 0 Å². The second-order valence-corrected chi connectivity index (χ2v) is 4.32. The van der Waals surface area contributed by atoms with Gasteiger partial charge in [-0.05, 0) is 12.3 Å². The van der Waals surface area contributed by atoms with Crippen LogP contribution >= 0.6 is 0 Å². The van der Waals surface area contributed by atoms with Crippen molar-refractivity contribution in [2.45, 2.75) is 52.7 Å². The fourth-order valence-electron chi connectivity index (χ4n) is 1.06. The molecule has 0 aromatic heterocycles. The molecule has 0 bridgehead atoms. The Labute approximate surface area is 75.6 Å². The average molecular weight is 174 g/mol. The first-order valence-electron chi connectivity index (χ1n) is 4.81. The van der Waals surface area contributed by atoms with E-state index in [9.17, 15) is 10.2 Å². The van der Waals surface area contributed by atoms with Gasteiger partial charge in [-0.25, -0.2) is 0 Å². The van der Waals surface area contributed by atoms with Crippen LogP contribution < -0.4 is 0 Å². The molecule has 0 aliphatic rings. The van der Waals surface area contributed by atoms with Gasteiger partial charge in [-0.15, -0.1) is 0 Å². The van der Waals surface area contributed by atoms with E-state index in [0.29, 0.717) is 12.3 Å². The Bertz CT molecular complexity index is 117. The molecule has 0 aliphatic carbocycles. The first-order valence-corrected chi connectivity index (χ1v) is 4.81. The summed E-state index contributed by atoms with van der Waals surface area (Å²) >= 11 is 0. The fraction of sp³-hybridized carbons (Fsp3) is 1.00. The second kappa shape index (κ2) is 4.83. The van der Waals surface area contributed by atoms with Crippen molar-refractivity contribution >= 4 is 0 Å². The minimum Gasteiger partial charge on any atom is -0.365 e. The predicted octanol–water partition coefficient (Wildman–Crippen LogP) is 2.15. The van der Waals surface area contributed by atoms with Crippen LogP contribution in [0.15, 0.2) is 0 Å². The van der Waals surface area contributed by atoms with E-state index in [1.807, 2.05) is 13.8 Å². The molecule has 0 radical (unpaired) electrons. The Morgan fingerprint density at radius 1 is 1.08 bits per heavy atom. The summed E-state index contributed by atoms with van der Waals surface area (Å²) in [6.07, 6.45) is 2.45. The summed E-state index contributed by atoms with van der Waals surface area (Å²) in [5.41, 5.74) is 0. The summed E-state index contributed by atoms with van der Waals surface area (Å²) in [4.78, 5) is 0. The van der Waals surface area contributed by atoms with Crippen molar-refractivity contribution < 1.29 is 10.2 Å². The minimum absolute atomic E-state index is 0.0790. The lowest BCUT2D eigenvalue weighted by Crippen LogP contribution is -2.34. The Hall–Kier alpha value is -0.0800. The van der Waals surface area contributed by atoms with Crippen LogP contribution in [-0.2, 0) is 0 Å². The molecule has 0 saturated carbocycles. The molecule has 0 saturated heterocycles. The lowest BCUT2D eigenvalue weighted by Gasteiger charge is -2.26. The molecule has 0 aromatic rings. The van der Waals surface area contributed by atoms with Crippen molar-refractivity contribution in [3.8, 4) is 0 Å². The highest BCUT2D eigenvalue weighted by Crippen LogP contribution is 2.21. The molecule has 0 rings (SSSR count). The van der Waals surface area contributed by atoms with Crippen molar-refractivity contribution in [3.63, 3.8) is 0 Å². The molecule has 0 amide bonds. The average Bonchev–Trinajstić information content (AvgIpc) is 1.85. The van der Waals surface area contributed by atoms with Crippen LogP contribution in [-0.4, -0.2) is 16.0 Å². The molecular weight excluding hydrogens is 152 g/mol. The van der Waals surface area contributed by atoms with Crippen molar-refractivity contribution in [3.05, 3.63) is 0 Å². The first-order chi connectivity index (χ1) is 5.36. The molecule has 0 aliphatic heterocycles. The highest BCUT2D eigenvalue weighted by molar-refractivity contribution is 4.68. The van der Waals surface area contributed by atoms with Crippen LogP contribution in [0.1, 0.15) is 47.0 Å². The van der Waals surface area contributed by atoms with Crippen LogP contribution in [0.2, 0.25) is 0 Å². The quantitative estimate of drug-likeness (QED) is 0.627. The minimum atomic E-state index is -1.46. The fourth-order valence-corrected chi connectivity index (χ4v) is 1.06. The van der Waals surface area contributed by atoms with Crippen molar-refractivity contribution in [2.75, 3.05) is 0 Å². The van der Waals surface area contributed by atoms with Gasteiger partial charge in [0.05, 0.1) is 0 Å². The number of aliphatic hydroxyl groups is 2. The van der Waals surface area contributed by atoms with Gasteiger partial charge in [0.2, 0.25) is 0 Å². The maximum Gasteiger partial charge on any atom is 0.164 e. The third-order valence-electron chi connectivity index (χ3n) is 2.25. The summed E-state index contributed by atoms with van der Waals surface area (Å²) in [5, 5.41) is 18.9. The first kappa shape index (κ1) is 11.9. The SMILES string of the molecule is CC(C)CCCC(O)(O)C(C)C. The summed E-state index contributed by atoms with van der Waals surface area (Å²) in [7, 11) is 0. The van der Waals surface area contributed by atoms with Gasteiger partial charge < -0.3 is 10.2 Å². The maximum absolute atomic E-state index is 9.46. The summed E-state index contributed by atoms with van der Waals surface area (Å²) in [6.45, 7) is 7.95. The summed E-state index contributed by atoms with van der Waals surface area (Å²) < 4.78 is 0. The van der Waals surface area contributed by atoms with Crippen LogP contribution in [0.5, 0.6) is 0 Å². The Morgan fingerprint density at radius 3 is 1.92 bits per heavy atom. The summed E-state index contributed by atoms with van der Waals surface area (Å²) in [6, 6.07) is 0. The molecule has 2 heteroatoms. The molecule has 12 heavy (non-hydrogen) atoms. The molecule has 2 nitrogen and oxygen atoms in total. The zero-order chi connectivity index (χ0) is 9.78. The third-order valence-corrected chi connectivity index (χ3v) is 2.25. The van der Waals surface area contributed by atoms with E-state index in [-0.39, 0.29) is 5.92 Å². The smallest absolute Gasteiger partial charge is 0.164 e. The van der Waals surface area contributed by atoms with Gasteiger partial charge in [0, 0.05) is 12.3 Å². The van der Waals surface area contributed by atoms with Gasteiger partial charge >= 0.3 is 0 Å². The normalized spacial score (nSPS) is 13.0. The molecule has 2 N–H and O–H groups in total. The predicted molar refractivity (Wildman–Crippen MR) is 50.7 cm³/mol. The van der Waals surface area contributed by atoms with Gasteiger partial charge in [-0.2, -0.15) is 0 Å². The van der Waals surface area contributed by atoms with E-state index < -0.39 is 5.79 Å². The van der Waals surface area contributed by atoms with E-state index in [0.717, 1.165) is 12.8 Å². The van der Waals surface area contributed by atoms with Gasteiger partial charge in [0.25, 0.3) is 0 Å². The van der Waals surface area contributed by atoms with Crippen LogP contribution in [0.25, 0.3) is 0 Å². The molecule has 0 unspecified atom stereocenters. The lowest BCUT2D eigenvalue weighted by molar-refractivity contribution is -0.197. The van der Waals surface area contributed by atoms with Crippen LogP contribution in [0.3, 0.4) is 0 Å². The van der Waals surface area contributed by atoms with E-state index in [2.05, 4.69) is 13.8 Å². The standard InChI is InChI=1S/C10H22O2/c1-8(2)6-5-7-10(11,12)9(3)4/h8-9,11-12H,5-7H2,1-4H3. The molecule has 0 heterocycles. The molecule has 0 atom stereocenters. The monoisotopic (exact) mass is 174 g/mol. The Morgan fingerprint density at radius 2 is 1.58 bits per heavy atom. The number of hydrogen-bond acceptors (Lipinski definition) is 2. The number of hydrogen-bond donors (Lipinski definition) is 2. The van der Waals surface area contributed by atoms with Crippen molar-refractivity contribution in [1.29, 1.82) is 0 Å². The summed E-state index contributed by atoms with van der Waals surface area (Å²) in [5.74, 6) is -0.896. The third kappa shape index (κ3) is 4.73. The molecule has 0 spiro atoms. The largest absolute Gasteiger partial charge is 0.365 e. The van der Waals surface area contributed by atoms with Crippen LogP contribution in [0, 0.1) is 11.8 Å².